The van der Waals surface area contributed by atoms with Crippen molar-refractivity contribution in [1.82, 2.24) is 14.9 Å². The molecule has 0 aliphatic carbocycles. The molecule has 9 heteroatoms. The third-order valence-electron chi connectivity index (χ3n) is 4.38. The minimum absolute atomic E-state index is 0.411. The van der Waals surface area contributed by atoms with Crippen LogP contribution >= 0.6 is 11.6 Å². The molecule has 3 heterocycles. The van der Waals surface area contributed by atoms with Gasteiger partial charge in [-0.1, -0.05) is 11.6 Å². The van der Waals surface area contributed by atoms with Crippen LogP contribution in [-0.2, 0) is 29.6 Å². The van der Waals surface area contributed by atoms with Gasteiger partial charge in [0.1, 0.15) is 5.76 Å². The SMILES string of the molecule is O=S(=O)([O-])c1ccc(CN2CCc3nc(-c4ccc(Cl)cc4)ncc3C2)o1. The summed E-state index contributed by atoms with van der Waals surface area (Å²) in [4.78, 5) is 11.2. The van der Waals surface area contributed by atoms with Gasteiger partial charge in [-0.2, -0.15) is 0 Å². The average Bonchev–Trinajstić information content (AvgIpc) is 3.11. The Hall–Kier alpha value is -2.26. The van der Waals surface area contributed by atoms with E-state index < -0.39 is 15.2 Å². The first-order valence-electron chi connectivity index (χ1n) is 8.26. The lowest BCUT2D eigenvalue weighted by Gasteiger charge is -2.27. The maximum atomic E-state index is 11.0. The second-order valence-electron chi connectivity index (χ2n) is 6.31. The molecule has 3 aromatic rings. The summed E-state index contributed by atoms with van der Waals surface area (Å²) in [6, 6.07) is 10.1. The largest absolute Gasteiger partial charge is 0.742 e. The minimum atomic E-state index is -4.57. The second-order valence-corrected chi connectivity index (χ2v) is 8.06. The normalized spacial score (nSPS) is 14.9. The van der Waals surface area contributed by atoms with Gasteiger partial charge in [-0.25, -0.2) is 18.4 Å². The van der Waals surface area contributed by atoms with Gasteiger partial charge in [0.15, 0.2) is 15.9 Å². The smallest absolute Gasteiger partial charge is 0.205 e. The van der Waals surface area contributed by atoms with Gasteiger partial charge in [-0.3, -0.25) is 4.90 Å². The highest BCUT2D eigenvalue weighted by Gasteiger charge is 2.20. The van der Waals surface area contributed by atoms with Crippen molar-refractivity contribution in [3.63, 3.8) is 0 Å². The molecular weight excluding hydrogens is 390 g/mol. The van der Waals surface area contributed by atoms with E-state index in [2.05, 4.69) is 14.9 Å². The molecule has 1 aliphatic rings. The number of furan rings is 1. The highest BCUT2D eigenvalue weighted by molar-refractivity contribution is 7.85. The van der Waals surface area contributed by atoms with Crippen LogP contribution in [-0.4, -0.2) is 34.4 Å². The zero-order valence-electron chi connectivity index (χ0n) is 14.1. The molecule has 0 radical (unpaired) electrons. The predicted octanol–water partition coefficient (Wildman–Crippen LogP) is 2.85. The van der Waals surface area contributed by atoms with E-state index >= 15 is 0 Å². The van der Waals surface area contributed by atoms with Crippen LogP contribution in [0.2, 0.25) is 5.02 Å². The Bertz CT molecular complexity index is 1080. The third-order valence-corrected chi connectivity index (χ3v) is 5.34. The standard InChI is InChI=1S/C18H16ClN3O4S/c19-14-3-1-12(2-4-14)18-20-9-13-10-22(8-7-16(13)21-18)11-15-5-6-17(26-15)27(23,24)25/h1-6,9H,7-8,10-11H2,(H,23,24,25)/p-1. The molecule has 2 aromatic heterocycles. The first-order valence-corrected chi connectivity index (χ1v) is 10.0. The Morgan fingerprint density at radius 3 is 2.67 bits per heavy atom. The quantitative estimate of drug-likeness (QED) is 0.616. The van der Waals surface area contributed by atoms with Crippen LogP contribution < -0.4 is 0 Å². The van der Waals surface area contributed by atoms with Gasteiger partial charge in [0, 0.05) is 41.9 Å². The summed E-state index contributed by atoms with van der Waals surface area (Å²) >= 11 is 5.92. The summed E-state index contributed by atoms with van der Waals surface area (Å²) in [7, 11) is -4.57. The number of rotatable bonds is 4. The van der Waals surface area contributed by atoms with Crippen molar-refractivity contribution in [2.75, 3.05) is 6.54 Å². The number of benzene rings is 1. The molecule has 27 heavy (non-hydrogen) atoms. The lowest BCUT2D eigenvalue weighted by molar-refractivity contribution is 0.216. The van der Waals surface area contributed by atoms with Gasteiger partial charge < -0.3 is 8.97 Å². The van der Waals surface area contributed by atoms with Crippen molar-refractivity contribution in [2.45, 2.75) is 24.6 Å². The molecule has 0 amide bonds. The fourth-order valence-corrected chi connectivity index (χ4v) is 3.62. The van der Waals surface area contributed by atoms with Gasteiger partial charge in [0.05, 0.1) is 12.2 Å². The fraction of sp³-hybridized carbons (Fsp3) is 0.222. The lowest BCUT2D eigenvalue weighted by atomic mass is 10.1. The summed E-state index contributed by atoms with van der Waals surface area (Å²) in [6.07, 6.45) is 2.56. The first-order chi connectivity index (χ1) is 12.9. The predicted molar refractivity (Wildman–Crippen MR) is 97.0 cm³/mol. The van der Waals surface area contributed by atoms with Gasteiger partial charge in [-0.05, 0) is 36.4 Å². The molecule has 0 saturated heterocycles. The number of fused-ring (bicyclic) bond motifs is 1. The summed E-state index contributed by atoms with van der Waals surface area (Å²) in [5, 5.41) is 0.115. The topological polar surface area (TPSA) is 99.4 Å². The molecular formula is C18H15ClN3O4S-. The molecule has 0 unspecified atom stereocenters. The van der Waals surface area contributed by atoms with E-state index in [4.69, 9.17) is 16.0 Å². The monoisotopic (exact) mass is 404 g/mol. The first kappa shape index (κ1) is 18.1. The van der Waals surface area contributed by atoms with Gasteiger partial charge in [-0.15, -0.1) is 0 Å². The Kier molecular flexibility index (Phi) is 4.73. The fourth-order valence-electron chi connectivity index (χ4n) is 3.05. The molecule has 7 nitrogen and oxygen atoms in total. The Morgan fingerprint density at radius 1 is 1.19 bits per heavy atom. The number of hydrogen-bond donors (Lipinski definition) is 0. The molecule has 0 spiro atoms. The zero-order valence-corrected chi connectivity index (χ0v) is 15.7. The van der Waals surface area contributed by atoms with Gasteiger partial charge in [0.25, 0.3) is 0 Å². The van der Waals surface area contributed by atoms with E-state index in [1.165, 1.54) is 12.1 Å². The molecule has 140 valence electrons. The molecule has 0 saturated carbocycles. The second kappa shape index (κ2) is 7.05. The third kappa shape index (κ3) is 4.03. The van der Waals surface area contributed by atoms with Gasteiger partial charge >= 0.3 is 0 Å². The van der Waals surface area contributed by atoms with Crippen molar-refractivity contribution in [1.29, 1.82) is 0 Å². The highest BCUT2D eigenvalue weighted by Crippen LogP contribution is 2.24. The number of aromatic nitrogens is 2. The molecule has 1 aromatic carbocycles. The summed E-state index contributed by atoms with van der Waals surface area (Å²) in [5.74, 6) is 1.10. The van der Waals surface area contributed by atoms with Crippen molar-refractivity contribution in [3.05, 3.63) is 64.6 Å². The molecule has 0 fully saturated rings. The zero-order chi connectivity index (χ0) is 19.0. The van der Waals surface area contributed by atoms with E-state index in [9.17, 15) is 13.0 Å². The van der Waals surface area contributed by atoms with Crippen molar-refractivity contribution < 1.29 is 17.4 Å². The van der Waals surface area contributed by atoms with Gasteiger partial charge in [0.2, 0.25) is 5.09 Å². The number of hydrogen-bond acceptors (Lipinski definition) is 7. The highest BCUT2D eigenvalue weighted by atomic mass is 35.5. The van der Waals surface area contributed by atoms with Crippen LogP contribution in [0.1, 0.15) is 17.0 Å². The van der Waals surface area contributed by atoms with Crippen LogP contribution in [0.4, 0.5) is 0 Å². The van der Waals surface area contributed by atoms with Crippen LogP contribution in [0.15, 0.2) is 52.1 Å². The molecule has 0 N–H and O–H groups in total. The van der Waals surface area contributed by atoms with Crippen LogP contribution in [0.5, 0.6) is 0 Å². The van der Waals surface area contributed by atoms with E-state index in [1.807, 2.05) is 18.3 Å². The average molecular weight is 405 g/mol. The summed E-state index contributed by atoms with van der Waals surface area (Å²) < 4.78 is 38.1. The van der Waals surface area contributed by atoms with Crippen LogP contribution in [0, 0.1) is 0 Å². The van der Waals surface area contributed by atoms with Crippen LogP contribution in [0.25, 0.3) is 11.4 Å². The van der Waals surface area contributed by atoms with Crippen LogP contribution in [0.3, 0.4) is 0 Å². The Morgan fingerprint density at radius 2 is 1.96 bits per heavy atom. The lowest BCUT2D eigenvalue weighted by Crippen LogP contribution is -2.30. The number of halogens is 1. The van der Waals surface area contributed by atoms with E-state index in [0.29, 0.717) is 29.7 Å². The molecule has 1 aliphatic heterocycles. The molecule has 0 atom stereocenters. The van der Waals surface area contributed by atoms with Crippen molar-refractivity contribution >= 4 is 21.7 Å². The minimum Gasteiger partial charge on any atom is -0.742 e. The van der Waals surface area contributed by atoms with E-state index in [1.54, 1.807) is 12.1 Å². The maximum Gasteiger partial charge on any atom is 0.205 e. The summed E-state index contributed by atoms with van der Waals surface area (Å²) in [5.41, 5.74) is 2.92. The number of nitrogens with zero attached hydrogens (tertiary/aromatic N) is 3. The Balaban J connectivity index is 1.49. The maximum absolute atomic E-state index is 11.0. The van der Waals surface area contributed by atoms with E-state index in [-0.39, 0.29) is 0 Å². The van der Waals surface area contributed by atoms with Crippen molar-refractivity contribution in [3.8, 4) is 11.4 Å². The van der Waals surface area contributed by atoms with Crippen molar-refractivity contribution in [2.24, 2.45) is 0 Å². The molecule has 0 bridgehead atoms. The molecule has 4 rings (SSSR count). The Labute approximate surface area is 161 Å². The summed E-state index contributed by atoms with van der Waals surface area (Å²) in [6.45, 7) is 1.77. The van der Waals surface area contributed by atoms with E-state index in [0.717, 1.165) is 29.8 Å².